The van der Waals surface area contributed by atoms with E-state index in [-0.39, 0.29) is 23.3 Å². The molecule has 2 unspecified atom stereocenters. The first kappa shape index (κ1) is 16.3. The summed E-state index contributed by atoms with van der Waals surface area (Å²) in [6.45, 7) is 3.51. The fraction of sp³-hybridized carbons (Fsp3) is 0.611. The van der Waals surface area contributed by atoms with Gasteiger partial charge in [0.05, 0.1) is 5.56 Å². The Morgan fingerprint density at radius 3 is 2.57 bits per heavy atom. The van der Waals surface area contributed by atoms with E-state index in [1.165, 1.54) is 25.0 Å². The molecular formula is C18H22F3NO. The Bertz CT molecular complexity index is 580. The molecule has 0 N–H and O–H groups in total. The van der Waals surface area contributed by atoms with Gasteiger partial charge in [0.2, 0.25) is 5.91 Å². The predicted molar refractivity (Wildman–Crippen MR) is 81.9 cm³/mol. The van der Waals surface area contributed by atoms with Crippen LogP contribution < -0.4 is 0 Å². The molecule has 3 rings (SSSR count). The molecule has 0 saturated heterocycles. The number of rotatable bonds is 6. The molecule has 2 nitrogen and oxygen atoms in total. The van der Waals surface area contributed by atoms with Gasteiger partial charge in [-0.1, -0.05) is 25.1 Å². The Hall–Kier alpha value is -1.52. The minimum Gasteiger partial charge on any atom is -0.342 e. The van der Waals surface area contributed by atoms with Crippen molar-refractivity contribution in [3.63, 3.8) is 0 Å². The molecule has 2 aliphatic rings. The molecule has 2 saturated carbocycles. The summed E-state index contributed by atoms with van der Waals surface area (Å²) < 4.78 is 39.4. The minimum absolute atomic E-state index is 0.0423. The Kier molecular flexibility index (Phi) is 4.39. The van der Waals surface area contributed by atoms with Gasteiger partial charge >= 0.3 is 6.18 Å². The number of hydrogen-bond acceptors (Lipinski definition) is 1. The van der Waals surface area contributed by atoms with E-state index in [1.807, 2.05) is 11.8 Å². The lowest BCUT2D eigenvalue weighted by Gasteiger charge is -2.22. The molecule has 1 amide bonds. The van der Waals surface area contributed by atoms with Crippen molar-refractivity contribution in [2.24, 2.45) is 11.8 Å². The van der Waals surface area contributed by atoms with E-state index in [4.69, 9.17) is 0 Å². The zero-order valence-corrected chi connectivity index (χ0v) is 13.3. The summed E-state index contributed by atoms with van der Waals surface area (Å²) in [6, 6.07) is 5.66. The van der Waals surface area contributed by atoms with Gasteiger partial charge in [0.25, 0.3) is 0 Å². The second-order valence-electron chi connectivity index (χ2n) is 6.76. The Labute approximate surface area is 134 Å². The molecule has 0 radical (unpaired) electrons. The van der Waals surface area contributed by atoms with E-state index in [9.17, 15) is 18.0 Å². The molecule has 2 atom stereocenters. The van der Waals surface area contributed by atoms with Crippen LogP contribution >= 0.6 is 0 Å². The van der Waals surface area contributed by atoms with Crippen molar-refractivity contribution in [1.82, 2.24) is 4.90 Å². The van der Waals surface area contributed by atoms with E-state index in [1.54, 1.807) is 6.07 Å². The van der Waals surface area contributed by atoms with Gasteiger partial charge in [-0.3, -0.25) is 4.79 Å². The van der Waals surface area contributed by atoms with Crippen LogP contribution in [0.3, 0.4) is 0 Å². The lowest BCUT2D eigenvalue weighted by Crippen LogP contribution is -2.35. The maximum absolute atomic E-state index is 13.1. The molecule has 0 heterocycles. The van der Waals surface area contributed by atoms with Crippen molar-refractivity contribution < 1.29 is 18.0 Å². The summed E-state index contributed by atoms with van der Waals surface area (Å²) in [6.07, 6.45) is -0.604. The van der Waals surface area contributed by atoms with Gasteiger partial charge in [-0.2, -0.15) is 13.2 Å². The number of hydrogen-bond donors (Lipinski definition) is 0. The summed E-state index contributed by atoms with van der Waals surface area (Å²) in [5.41, 5.74) is -0.314. The summed E-state index contributed by atoms with van der Waals surface area (Å²) in [5.74, 6) is 0.0913. The third kappa shape index (κ3) is 3.70. The van der Waals surface area contributed by atoms with Crippen LogP contribution in [-0.4, -0.2) is 23.9 Å². The molecular weight excluding hydrogens is 303 g/mol. The van der Waals surface area contributed by atoms with Crippen LogP contribution in [0, 0.1) is 11.8 Å². The molecule has 5 heteroatoms. The second kappa shape index (κ2) is 6.17. The van der Waals surface area contributed by atoms with Crippen molar-refractivity contribution in [1.29, 1.82) is 0 Å². The number of alkyl halides is 3. The maximum atomic E-state index is 13.1. The summed E-state index contributed by atoms with van der Waals surface area (Å²) >= 11 is 0. The van der Waals surface area contributed by atoms with E-state index in [0.29, 0.717) is 18.9 Å². The first-order valence-corrected chi connectivity index (χ1v) is 8.36. The number of benzene rings is 1. The van der Waals surface area contributed by atoms with Gasteiger partial charge in [-0.25, -0.2) is 0 Å². The van der Waals surface area contributed by atoms with Crippen molar-refractivity contribution in [2.45, 2.75) is 44.7 Å². The molecule has 0 spiro atoms. The topological polar surface area (TPSA) is 20.3 Å². The van der Waals surface area contributed by atoms with Gasteiger partial charge < -0.3 is 4.90 Å². The molecule has 0 bridgehead atoms. The fourth-order valence-electron chi connectivity index (χ4n) is 3.30. The maximum Gasteiger partial charge on any atom is 0.416 e. The molecule has 23 heavy (non-hydrogen) atoms. The predicted octanol–water partition coefficient (Wildman–Crippen LogP) is 4.46. The van der Waals surface area contributed by atoms with Gasteiger partial charge in [-0.15, -0.1) is 0 Å². The van der Waals surface area contributed by atoms with Crippen LogP contribution in [0.4, 0.5) is 13.2 Å². The SMILES string of the molecule is CCCN(CC1CC1)C(=O)C1CC1c1ccccc1C(F)(F)F. The number of carbonyl (C=O) groups is 1. The third-order valence-electron chi connectivity index (χ3n) is 4.75. The summed E-state index contributed by atoms with van der Waals surface area (Å²) in [7, 11) is 0. The molecule has 1 aromatic carbocycles. The highest BCUT2D eigenvalue weighted by atomic mass is 19.4. The Morgan fingerprint density at radius 2 is 1.96 bits per heavy atom. The number of nitrogens with zero attached hydrogens (tertiary/aromatic N) is 1. The zero-order chi connectivity index (χ0) is 16.6. The van der Waals surface area contributed by atoms with Gasteiger partial charge in [0.1, 0.15) is 0 Å². The molecule has 1 aromatic rings. The average Bonchev–Trinajstić information content (AvgIpc) is 3.39. The summed E-state index contributed by atoms with van der Waals surface area (Å²) in [5, 5.41) is 0. The Balaban J connectivity index is 1.72. The minimum atomic E-state index is -4.36. The van der Waals surface area contributed by atoms with E-state index < -0.39 is 11.7 Å². The first-order valence-electron chi connectivity index (χ1n) is 8.36. The van der Waals surface area contributed by atoms with Crippen molar-refractivity contribution in [2.75, 3.05) is 13.1 Å². The highest BCUT2D eigenvalue weighted by Crippen LogP contribution is 2.52. The molecule has 126 valence electrons. The Morgan fingerprint density at radius 1 is 1.26 bits per heavy atom. The van der Waals surface area contributed by atoms with Gasteiger partial charge in [0.15, 0.2) is 0 Å². The highest BCUT2D eigenvalue weighted by molar-refractivity contribution is 5.83. The van der Waals surface area contributed by atoms with Crippen LogP contribution in [0.25, 0.3) is 0 Å². The first-order chi connectivity index (χ1) is 10.9. The largest absolute Gasteiger partial charge is 0.416 e. The van der Waals surface area contributed by atoms with Crippen molar-refractivity contribution >= 4 is 5.91 Å². The third-order valence-corrected chi connectivity index (χ3v) is 4.75. The number of halogens is 3. The zero-order valence-electron chi connectivity index (χ0n) is 13.3. The number of carbonyl (C=O) groups excluding carboxylic acids is 1. The molecule has 2 fully saturated rings. The normalized spacial score (nSPS) is 23.7. The lowest BCUT2D eigenvalue weighted by molar-refractivity contribution is -0.138. The average molecular weight is 325 g/mol. The van der Waals surface area contributed by atoms with E-state index >= 15 is 0 Å². The molecule has 2 aliphatic carbocycles. The number of amides is 1. The van der Waals surface area contributed by atoms with Crippen LogP contribution in [0.5, 0.6) is 0 Å². The lowest BCUT2D eigenvalue weighted by atomic mass is 10.0. The van der Waals surface area contributed by atoms with Gasteiger partial charge in [0, 0.05) is 19.0 Å². The van der Waals surface area contributed by atoms with Crippen LogP contribution in [0.15, 0.2) is 24.3 Å². The van der Waals surface area contributed by atoms with Crippen molar-refractivity contribution in [3.8, 4) is 0 Å². The standard InChI is InChI=1S/C18H22F3NO/c1-2-9-22(11-12-7-8-12)17(23)15-10-14(15)13-5-3-4-6-16(13)18(19,20)21/h3-6,12,14-15H,2,7-11H2,1H3. The fourth-order valence-corrected chi connectivity index (χ4v) is 3.30. The van der Waals surface area contributed by atoms with Gasteiger partial charge in [-0.05, 0) is 49.1 Å². The van der Waals surface area contributed by atoms with E-state index in [0.717, 1.165) is 19.0 Å². The second-order valence-corrected chi connectivity index (χ2v) is 6.76. The molecule has 0 aromatic heterocycles. The van der Waals surface area contributed by atoms with Crippen LogP contribution in [0.2, 0.25) is 0 Å². The van der Waals surface area contributed by atoms with E-state index in [2.05, 4.69) is 0 Å². The highest BCUT2D eigenvalue weighted by Gasteiger charge is 2.49. The monoisotopic (exact) mass is 325 g/mol. The van der Waals surface area contributed by atoms with Crippen LogP contribution in [-0.2, 0) is 11.0 Å². The molecule has 0 aliphatic heterocycles. The van der Waals surface area contributed by atoms with Crippen molar-refractivity contribution in [3.05, 3.63) is 35.4 Å². The quantitative estimate of drug-likeness (QED) is 0.756. The summed E-state index contributed by atoms with van der Waals surface area (Å²) in [4.78, 5) is 14.5. The smallest absolute Gasteiger partial charge is 0.342 e. The van der Waals surface area contributed by atoms with Crippen LogP contribution in [0.1, 0.15) is 49.7 Å².